The third kappa shape index (κ3) is 8.06. The van der Waals surface area contributed by atoms with Crippen LogP contribution in [0.25, 0.3) is 0 Å². The molecule has 0 aromatic rings. The van der Waals surface area contributed by atoms with Gasteiger partial charge in [-0.25, -0.2) is 9.59 Å². The van der Waals surface area contributed by atoms with Gasteiger partial charge in [-0.2, -0.15) is 0 Å². The number of halogens is 2. The molecule has 0 bridgehead atoms. The van der Waals surface area contributed by atoms with Crippen LogP contribution in [0.3, 0.4) is 0 Å². The van der Waals surface area contributed by atoms with E-state index in [4.69, 9.17) is 33.2 Å². The van der Waals surface area contributed by atoms with Crippen molar-refractivity contribution in [2.75, 3.05) is 26.4 Å². The van der Waals surface area contributed by atoms with E-state index in [-0.39, 0.29) is 26.4 Å². The van der Waals surface area contributed by atoms with Crippen LogP contribution in [0.2, 0.25) is 0 Å². The first-order valence-electron chi connectivity index (χ1n) is 3.49. The fourth-order valence-electron chi connectivity index (χ4n) is 0.473. The van der Waals surface area contributed by atoms with Gasteiger partial charge in [-0.3, -0.25) is 0 Å². The third-order valence-corrected chi connectivity index (χ3v) is 1.33. The van der Waals surface area contributed by atoms with E-state index < -0.39 is 11.9 Å². The van der Waals surface area contributed by atoms with Gasteiger partial charge in [0.05, 0.1) is 13.2 Å². The van der Waals surface area contributed by atoms with Crippen LogP contribution in [0.15, 0.2) is 0 Å². The first-order chi connectivity index (χ1) is 6.70. The SMILES string of the molecule is O=C(COCCOCC(=O)OCl)OCl. The predicted octanol–water partition coefficient (Wildman–Crippen LogP) is 0.414. The Labute approximate surface area is 90.3 Å². The highest BCUT2D eigenvalue weighted by Crippen LogP contribution is 1.87. The van der Waals surface area contributed by atoms with E-state index >= 15 is 0 Å². The molecular formula is C6H8Cl2O6. The Kier molecular flexibility index (Phi) is 8.65. The van der Waals surface area contributed by atoms with Crippen LogP contribution in [0.1, 0.15) is 0 Å². The van der Waals surface area contributed by atoms with Crippen LogP contribution in [0.4, 0.5) is 0 Å². The molecular weight excluding hydrogens is 239 g/mol. The van der Waals surface area contributed by atoms with Crippen LogP contribution >= 0.6 is 23.7 Å². The normalized spacial score (nSPS) is 9.57. The van der Waals surface area contributed by atoms with E-state index in [1.54, 1.807) is 0 Å². The van der Waals surface area contributed by atoms with Crippen molar-refractivity contribution < 1.29 is 27.6 Å². The zero-order valence-electron chi connectivity index (χ0n) is 7.03. The zero-order chi connectivity index (χ0) is 10.8. The molecule has 0 fully saturated rings. The topological polar surface area (TPSA) is 71.1 Å². The smallest absolute Gasteiger partial charge is 0.350 e. The first-order valence-corrected chi connectivity index (χ1v) is 4.10. The van der Waals surface area contributed by atoms with Gasteiger partial charge in [-0.15, -0.1) is 0 Å². The lowest BCUT2D eigenvalue weighted by atomic mass is 10.7. The predicted molar refractivity (Wildman–Crippen MR) is 45.5 cm³/mol. The minimum Gasteiger partial charge on any atom is -0.367 e. The zero-order valence-corrected chi connectivity index (χ0v) is 8.55. The summed E-state index contributed by atoms with van der Waals surface area (Å²) >= 11 is 9.43. The number of rotatable bonds is 7. The second kappa shape index (κ2) is 9.01. The van der Waals surface area contributed by atoms with Crippen molar-refractivity contribution in [2.45, 2.75) is 0 Å². The molecule has 14 heavy (non-hydrogen) atoms. The van der Waals surface area contributed by atoms with Crippen LogP contribution < -0.4 is 0 Å². The minimum atomic E-state index is -0.702. The summed E-state index contributed by atoms with van der Waals surface area (Å²) in [5, 5.41) is 0. The van der Waals surface area contributed by atoms with Gasteiger partial charge in [0.2, 0.25) is 0 Å². The molecule has 0 saturated carbocycles. The minimum absolute atomic E-state index is 0.127. The van der Waals surface area contributed by atoms with Crippen molar-refractivity contribution in [1.82, 2.24) is 0 Å². The number of hydrogen-bond acceptors (Lipinski definition) is 6. The lowest BCUT2D eigenvalue weighted by Gasteiger charge is -2.02. The lowest BCUT2D eigenvalue weighted by molar-refractivity contribution is -0.142. The second-order valence-corrected chi connectivity index (χ2v) is 2.31. The highest BCUT2D eigenvalue weighted by atomic mass is 35.5. The Morgan fingerprint density at radius 2 is 1.21 bits per heavy atom. The maximum atomic E-state index is 10.4. The van der Waals surface area contributed by atoms with Crippen molar-refractivity contribution >= 4 is 35.7 Å². The van der Waals surface area contributed by atoms with Gasteiger partial charge >= 0.3 is 11.9 Å². The Hall–Kier alpha value is -0.560. The molecule has 0 N–H and O–H groups in total. The summed E-state index contributed by atoms with van der Waals surface area (Å²) in [6, 6.07) is 0. The Bertz CT molecular complexity index is 165. The summed E-state index contributed by atoms with van der Waals surface area (Å²) in [6.07, 6.45) is 0. The Morgan fingerprint density at radius 3 is 1.50 bits per heavy atom. The van der Waals surface area contributed by atoms with Crippen molar-refractivity contribution in [2.24, 2.45) is 0 Å². The molecule has 0 aliphatic carbocycles. The second-order valence-electron chi connectivity index (χ2n) is 2.00. The molecule has 0 aliphatic heterocycles. The van der Waals surface area contributed by atoms with Gasteiger partial charge < -0.3 is 18.1 Å². The molecule has 0 rings (SSSR count). The first kappa shape index (κ1) is 13.4. The lowest BCUT2D eigenvalue weighted by Crippen LogP contribution is -2.15. The maximum Gasteiger partial charge on any atom is 0.350 e. The highest BCUT2D eigenvalue weighted by Gasteiger charge is 2.02. The monoisotopic (exact) mass is 246 g/mol. The van der Waals surface area contributed by atoms with Crippen molar-refractivity contribution in [3.05, 3.63) is 0 Å². The van der Waals surface area contributed by atoms with E-state index in [2.05, 4.69) is 8.58 Å². The number of ether oxygens (including phenoxy) is 2. The van der Waals surface area contributed by atoms with E-state index in [1.165, 1.54) is 0 Å². The van der Waals surface area contributed by atoms with Crippen LogP contribution in [-0.2, 0) is 27.6 Å². The number of carbonyl (C=O) groups excluding carboxylic acids is 2. The van der Waals surface area contributed by atoms with Gasteiger partial charge in [-0.05, 0) is 0 Å². The molecule has 0 heterocycles. The van der Waals surface area contributed by atoms with E-state index in [1.807, 2.05) is 0 Å². The molecule has 0 radical (unpaired) electrons. The van der Waals surface area contributed by atoms with Gasteiger partial charge in [-0.1, -0.05) is 0 Å². The van der Waals surface area contributed by atoms with Gasteiger partial charge in [0, 0.05) is 0 Å². The molecule has 82 valence electrons. The van der Waals surface area contributed by atoms with E-state index in [0.717, 1.165) is 0 Å². The summed E-state index contributed by atoms with van der Waals surface area (Å²) in [5.74, 6) is -1.40. The average molecular weight is 247 g/mol. The molecule has 0 aromatic heterocycles. The number of carbonyl (C=O) groups is 2. The third-order valence-electron chi connectivity index (χ3n) is 0.984. The molecule has 0 amide bonds. The van der Waals surface area contributed by atoms with Crippen LogP contribution in [-0.4, -0.2) is 38.4 Å². The van der Waals surface area contributed by atoms with Gasteiger partial charge in [0.25, 0.3) is 0 Å². The summed E-state index contributed by atoms with van der Waals surface area (Å²) in [4.78, 5) is 20.8. The molecule has 0 atom stereocenters. The quantitative estimate of drug-likeness (QED) is 0.607. The molecule has 0 spiro atoms. The average Bonchev–Trinajstić information content (AvgIpc) is 2.22. The highest BCUT2D eigenvalue weighted by molar-refractivity contribution is 6.13. The molecule has 0 unspecified atom stereocenters. The molecule has 8 heteroatoms. The molecule has 0 saturated heterocycles. The van der Waals surface area contributed by atoms with Crippen LogP contribution in [0, 0.1) is 0 Å². The molecule has 6 nitrogen and oxygen atoms in total. The van der Waals surface area contributed by atoms with Crippen LogP contribution in [0.5, 0.6) is 0 Å². The van der Waals surface area contributed by atoms with Gasteiger partial charge in [0.1, 0.15) is 36.9 Å². The van der Waals surface area contributed by atoms with Crippen molar-refractivity contribution in [3.8, 4) is 0 Å². The number of hydrogen-bond donors (Lipinski definition) is 0. The van der Waals surface area contributed by atoms with E-state index in [0.29, 0.717) is 0 Å². The Balaban J connectivity index is 3.14. The maximum absolute atomic E-state index is 10.4. The fourth-order valence-corrected chi connectivity index (χ4v) is 0.562. The summed E-state index contributed by atoms with van der Waals surface area (Å²) in [6.45, 7) is -0.289. The molecule has 0 aliphatic rings. The Morgan fingerprint density at radius 1 is 0.857 bits per heavy atom. The van der Waals surface area contributed by atoms with E-state index in [9.17, 15) is 9.59 Å². The standard InChI is InChI=1S/C6H8Cl2O6/c7-13-5(9)3-11-1-2-12-4-6(10)14-8/h1-4H2. The summed E-state index contributed by atoms with van der Waals surface area (Å²) < 4.78 is 17.0. The summed E-state index contributed by atoms with van der Waals surface area (Å²) in [5.41, 5.74) is 0. The largest absolute Gasteiger partial charge is 0.367 e. The van der Waals surface area contributed by atoms with Crippen molar-refractivity contribution in [1.29, 1.82) is 0 Å². The van der Waals surface area contributed by atoms with Crippen molar-refractivity contribution in [3.63, 3.8) is 0 Å². The summed E-state index contributed by atoms with van der Waals surface area (Å²) in [7, 11) is 0. The molecule has 0 aromatic carbocycles. The van der Waals surface area contributed by atoms with Gasteiger partial charge in [0.15, 0.2) is 0 Å². The fraction of sp³-hybridized carbons (Fsp3) is 0.667.